The minimum absolute atomic E-state index is 0.0472. The smallest absolute Gasteiger partial charge is 0.414 e. The van der Waals surface area contributed by atoms with Crippen LogP contribution in [0.3, 0.4) is 0 Å². The summed E-state index contributed by atoms with van der Waals surface area (Å²) in [6.45, 7) is 2.86. The number of aromatic nitrogens is 3. The number of carbonyl (C=O) groups excluding carboxylic acids is 1. The highest BCUT2D eigenvalue weighted by molar-refractivity contribution is 5.82. The number of aryl methyl sites for hydroxylation is 1. The zero-order valence-corrected chi connectivity index (χ0v) is 9.97. The van der Waals surface area contributed by atoms with Gasteiger partial charge < -0.3 is 9.47 Å². The molecule has 0 fully saturated rings. The fourth-order valence-corrected chi connectivity index (χ4v) is 1.85. The van der Waals surface area contributed by atoms with E-state index in [1.54, 1.807) is 18.7 Å². The Morgan fingerprint density at radius 1 is 1.65 bits per heavy atom. The van der Waals surface area contributed by atoms with E-state index in [1.807, 2.05) is 0 Å². The van der Waals surface area contributed by atoms with Crippen molar-refractivity contribution in [1.29, 1.82) is 0 Å². The summed E-state index contributed by atoms with van der Waals surface area (Å²) in [6.07, 6.45) is 1.33. The fraction of sp³-hybridized carbons (Fsp3) is 0.700. The van der Waals surface area contributed by atoms with Crippen LogP contribution in [0.5, 0.6) is 0 Å². The summed E-state index contributed by atoms with van der Waals surface area (Å²) in [5.41, 5.74) is 0. The molecule has 17 heavy (non-hydrogen) atoms. The molecule has 0 aromatic carbocycles. The van der Waals surface area contributed by atoms with E-state index in [4.69, 9.17) is 9.47 Å². The van der Waals surface area contributed by atoms with E-state index in [-0.39, 0.29) is 12.1 Å². The quantitative estimate of drug-likeness (QED) is 0.862. The maximum absolute atomic E-state index is 11.2. The number of methoxy groups -OCH3 is 1. The van der Waals surface area contributed by atoms with E-state index in [0.717, 1.165) is 25.2 Å². The number of rotatable bonds is 3. The Morgan fingerprint density at radius 3 is 3.18 bits per heavy atom. The summed E-state index contributed by atoms with van der Waals surface area (Å²) in [5, 5.41) is 6.67. The highest BCUT2D eigenvalue weighted by atomic mass is 16.5. The number of fused-ring (bicyclic) bond motifs is 1. The van der Waals surface area contributed by atoms with Crippen LogP contribution in [0, 0.1) is 0 Å². The molecule has 2 rings (SSSR count). The van der Waals surface area contributed by atoms with Crippen molar-refractivity contribution in [3.05, 3.63) is 5.82 Å². The summed E-state index contributed by atoms with van der Waals surface area (Å²) in [5.74, 6) is 1.02. The summed E-state index contributed by atoms with van der Waals surface area (Å²) in [6, 6.07) is 0. The molecule has 0 saturated carbocycles. The van der Waals surface area contributed by atoms with Crippen molar-refractivity contribution in [2.24, 2.45) is 0 Å². The summed E-state index contributed by atoms with van der Waals surface area (Å²) in [7, 11) is 1.65. The summed E-state index contributed by atoms with van der Waals surface area (Å²) >= 11 is 0. The van der Waals surface area contributed by atoms with Crippen LogP contribution in [0.1, 0.15) is 31.7 Å². The highest BCUT2D eigenvalue weighted by Gasteiger charge is 2.24. The minimum Gasteiger partial charge on any atom is -0.450 e. The van der Waals surface area contributed by atoms with E-state index < -0.39 is 6.09 Å². The lowest BCUT2D eigenvalue weighted by atomic mass is 10.1. The standard InChI is InChI=1S/C10H16N4O3/c1-3-17-10(15)12-9-11-8-7(16-2)5-4-6-14(8)13-9/h7H,3-6H2,1-2H3,(H,12,13,15). The fourth-order valence-electron chi connectivity index (χ4n) is 1.85. The van der Waals surface area contributed by atoms with Crippen LogP contribution in [-0.4, -0.2) is 34.6 Å². The predicted octanol–water partition coefficient (Wildman–Crippen LogP) is 1.33. The molecule has 7 heteroatoms. The van der Waals surface area contributed by atoms with Gasteiger partial charge in [0.1, 0.15) is 6.10 Å². The second kappa shape index (κ2) is 5.13. The van der Waals surface area contributed by atoms with Crippen molar-refractivity contribution in [2.75, 3.05) is 19.0 Å². The third-order valence-electron chi connectivity index (χ3n) is 2.60. The van der Waals surface area contributed by atoms with Crippen LogP contribution in [0.4, 0.5) is 10.7 Å². The van der Waals surface area contributed by atoms with E-state index in [9.17, 15) is 4.79 Å². The summed E-state index contributed by atoms with van der Waals surface area (Å²) < 4.78 is 11.8. The Balaban J connectivity index is 2.11. The molecular weight excluding hydrogens is 224 g/mol. The normalized spacial score (nSPS) is 18.6. The molecule has 1 atom stereocenters. The molecule has 0 radical (unpaired) electrons. The third kappa shape index (κ3) is 2.55. The van der Waals surface area contributed by atoms with Gasteiger partial charge in [0.05, 0.1) is 6.61 Å². The number of nitrogens with zero attached hydrogens (tertiary/aromatic N) is 3. The van der Waals surface area contributed by atoms with Gasteiger partial charge in [0.15, 0.2) is 5.82 Å². The van der Waals surface area contributed by atoms with E-state index in [1.165, 1.54) is 0 Å². The topological polar surface area (TPSA) is 78.3 Å². The molecule has 1 aliphatic rings. The first kappa shape index (κ1) is 11.8. The lowest BCUT2D eigenvalue weighted by molar-refractivity contribution is 0.0697. The van der Waals surface area contributed by atoms with Gasteiger partial charge in [-0.15, -0.1) is 5.10 Å². The lowest BCUT2D eigenvalue weighted by Crippen LogP contribution is -2.18. The second-order valence-corrected chi connectivity index (χ2v) is 3.73. The molecule has 1 unspecified atom stereocenters. The van der Waals surface area contributed by atoms with Crippen molar-refractivity contribution in [1.82, 2.24) is 14.8 Å². The molecule has 0 aliphatic carbocycles. The lowest BCUT2D eigenvalue weighted by Gasteiger charge is -2.19. The minimum atomic E-state index is -0.538. The predicted molar refractivity (Wildman–Crippen MR) is 59.7 cm³/mol. The number of hydrogen-bond donors (Lipinski definition) is 1. The SMILES string of the molecule is CCOC(=O)Nc1nc2n(n1)CCCC2OC. The van der Waals surface area contributed by atoms with Crippen LogP contribution in [0.15, 0.2) is 0 Å². The molecule has 1 aromatic rings. The zero-order chi connectivity index (χ0) is 12.3. The van der Waals surface area contributed by atoms with Gasteiger partial charge in [-0.1, -0.05) is 0 Å². The Kier molecular flexibility index (Phi) is 3.58. The molecule has 0 spiro atoms. The number of hydrogen-bond acceptors (Lipinski definition) is 5. The Labute approximate surface area is 99.1 Å². The molecule has 1 aromatic heterocycles. The summed E-state index contributed by atoms with van der Waals surface area (Å²) in [4.78, 5) is 15.5. The Bertz CT molecular complexity index is 404. The average Bonchev–Trinajstić information content (AvgIpc) is 2.70. The highest BCUT2D eigenvalue weighted by Crippen LogP contribution is 2.26. The van der Waals surface area contributed by atoms with Gasteiger partial charge in [0.25, 0.3) is 5.95 Å². The number of nitrogens with one attached hydrogen (secondary N) is 1. The van der Waals surface area contributed by atoms with Gasteiger partial charge in [-0.25, -0.2) is 9.48 Å². The van der Waals surface area contributed by atoms with Crippen LogP contribution >= 0.6 is 0 Å². The average molecular weight is 240 g/mol. The molecule has 7 nitrogen and oxygen atoms in total. The van der Waals surface area contributed by atoms with Crippen molar-refractivity contribution in [2.45, 2.75) is 32.4 Å². The molecule has 1 N–H and O–H groups in total. The molecule has 1 amide bonds. The third-order valence-corrected chi connectivity index (χ3v) is 2.60. The first-order valence-corrected chi connectivity index (χ1v) is 5.66. The molecular formula is C10H16N4O3. The van der Waals surface area contributed by atoms with E-state index in [2.05, 4.69) is 15.4 Å². The van der Waals surface area contributed by atoms with Gasteiger partial charge in [-0.2, -0.15) is 4.98 Å². The number of amides is 1. The number of ether oxygens (including phenoxy) is 2. The van der Waals surface area contributed by atoms with Crippen molar-refractivity contribution >= 4 is 12.0 Å². The molecule has 94 valence electrons. The van der Waals surface area contributed by atoms with E-state index >= 15 is 0 Å². The van der Waals surface area contributed by atoms with Gasteiger partial charge in [-0.3, -0.25) is 5.32 Å². The maximum atomic E-state index is 11.2. The van der Waals surface area contributed by atoms with Crippen LogP contribution < -0.4 is 5.32 Å². The van der Waals surface area contributed by atoms with Gasteiger partial charge in [0.2, 0.25) is 0 Å². The Morgan fingerprint density at radius 2 is 2.47 bits per heavy atom. The monoisotopic (exact) mass is 240 g/mol. The molecule has 1 aliphatic heterocycles. The molecule has 0 saturated heterocycles. The second-order valence-electron chi connectivity index (χ2n) is 3.73. The van der Waals surface area contributed by atoms with Gasteiger partial charge >= 0.3 is 6.09 Å². The van der Waals surface area contributed by atoms with Crippen molar-refractivity contribution < 1.29 is 14.3 Å². The van der Waals surface area contributed by atoms with Gasteiger partial charge in [0, 0.05) is 13.7 Å². The van der Waals surface area contributed by atoms with Crippen LogP contribution in [0.25, 0.3) is 0 Å². The van der Waals surface area contributed by atoms with Gasteiger partial charge in [-0.05, 0) is 19.8 Å². The Hall–Kier alpha value is -1.63. The number of carbonyl (C=O) groups is 1. The zero-order valence-electron chi connectivity index (χ0n) is 9.97. The first-order valence-electron chi connectivity index (χ1n) is 5.66. The van der Waals surface area contributed by atoms with Crippen molar-refractivity contribution in [3.63, 3.8) is 0 Å². The van der Waals surface area contributed by atoms with E-state index in [0.29, 0.717) is 6.61 Å². The largest absolute Gasteiger partial charge is 0.450 e. The van der Waals surface area contributed by atoms with Crippen LogP contribution in [0.2, 0.25) is 0 Å². The number of anilines is 1. The molecule has 0 bridgehead atoms. The van der Waals surface area contributed by atoms with Crippen molar-refractivity contribution in [3.8, 4) is 0 Å². The molecule has 2 heterocycles. The first-order chi connectivity index (χ1) is 8.24. The van der Waals surface area contributed by atoms with Crippen LogP contribution in [-0.2, 0) is 16.0 Å². The maximum Gasteiger partial charge on any atom is 0.414 e.